The third-order valence-corrected chi connectivity index (χ3v) is 17.6. The Labute approximate surface area is 328 Å². The first kappa shape index (κ1) is 41.0. The fourth-order valence-corrected chi connectivity index (χ4v) is 14.0. The van der Waals surface area contributed by atoms with E-state index in [1.165, 1.54) is 5.57 Å². The zero-order valence-electron chi connectivity index (χ0n) is 33.8. The highest BCUT2D eigenvalue weighted by Crippen LogP contribution is 2.76. The molecule has 19 unspecified atom stereocenters. The minimum absolute atomic E-state index is 0.00398. The molecule has 0 amide bonds. The average Bonchev–Trinajstić information content (AvgIpc) is 3.44. The summed E-state index contributed by atoms with van der Waals surface area (Å²) in [5.41, 5.74) is 0.456. The molecule has 8 aliphatic rings. The van der Waals surface area contributed by atoms with Gasteiger partial charge < -0.3 is 59.4 Å². The van der Waals surface area contributed by atoms with E-state index in [4.69, 9.17) is 23.7 Å². The van der Waals surface area contributed by atoms with Gasteiger partial charge >= 0.3 is 11.9 Å². The van der Waals surface area contributed by atoms with Crippen LogP contribution in [0.25, 0.3) is 0 Å². The number of allylic oxidation sites excluding steroid dienone is 2. The first-order chi connectivity index (χ1) is 26.1. The molecular formula is C42H64O14. The van der Waals surface area contributed by atoms with E-state index in [1.807, 2.05) is 0 Å². The second-order valence-electron chi connectivity index (χ2n) is 20.8. The second kappa shape index (κ2) is 13.4. The number of aliphatic hydroxyl groups is 6. The highest BCUT2D eigenvalue weighted by atomic mass is 16.8. The van der Waals surface area contributed by atoms with Gasteiger partial charge in [0.1, 0.15) is 48.8 Å². The summed E-state index contributed by atoms with van der Waals surface area (Å²) < 4.78 is 30.1. The zero-order chi connectivity index (χ0) is 40.7. The number of carbonyl (C=O) groups is 2. The smallest absolute Gasteiger partial charge is 0.335 e. The van der Waals surface area contributed by atoms with E-state index >= 15 is 0 Å². The van der Waals surface area contributed by atoms with E-state index in [0.717, 1.165) is 51.4 Å². The summed E-state index contributed by atoms with van der Waals surface area (Å²) in [6.45, 7) is 15.7. The van der Waals surface area contributed by atoms with Gasteiger partial charge in [0, 0.05) is 11.8 Å². The molecule has 3 aliphatic heterocycles. The molecule has 1 spiro atoms. The van der Waals surface area contributed by atoms with Crippen molar-refractivity contribution in [1.29, 1.82) is 0 Å². The van der Waals surface area contributed by atoms with E-state index in [-0.39, 0.29) is 45.6 Å². The van der Waals surface area contributed by atoms with Crippen LogP contribution in [0.15, 0.2) is 11.6 Å². The fraction of sp³-hybridized carbons (Fsp3) is 0.905. The predicted octanol–water partition coefficient (Wildman–Crippen LogP) is 2.43. The summed E-state index contributed by atoms with van der Waals surface area (Å²) in [6.07, 6.45) is -6.98. The van der Waals surface area contributed by atoms with Crippen molar-refractivity contribution in [3.63, 3.8) is 0 Å². The van der Waals surface area contributed by atoms with E-state index in [2.05, 4.69) is 54.5 Å². The van der Waals surface area contributed by atoms with Gasteiger partial charge in [-0.1, -0.05) is 60.1 Å². The number of fused-ring (bicyclic) bond motifs is 7. The topological polar surface area (TPSA) is 222 Å². The molecule has 316 valence electrons. The lowest BCUT2D eigenvalue weighted by Gasteiger charge is -2.71. The van der Waals surface area contributed by atoms with Crippen molar-refractivity contribution in [1.82, 2.24) is 0 Å². The Kier molecular flexibility index (Phi) is 9.81. The number of carbonyl (C=O) groups excluding carboxylic acids is 1. The molecule has 3 saturated heterocycles. The van der Waals surface area contributed by atoms with Gasteiger partial charge in [0.05, 0.1) is 18.1 Å². The highest BCUT2D eigenvalue weighted by Gasteiger charge is 2.72. The molecule has 0 aromatic heterocycles. The molecule has 5 aliphatic carbocycles. The Balaban J connectivity index is 1.05. The second-order valence-corrected chi connectivity index (χ2v) is 20.8. The molecule has 14 nitrogen and oxygen atoms in total. The third-order valence-electron chi connectivity index (χ3n) is 17.6. The van der Waals surface area contributed by atoms with Crippen molar-refractivity contribution in [2.24, 2.45) is 50.2 Å². The lowest BCUT2D eigenvalue weighted by atomic mass is 9.33. The Morgan fingerprint density at radius 3 is 2.20 bits per heavy atom. The van der Waals surface area contributed by atoms with Crippen LogP contribution in [0.3, 0.4) is 0 Å². The standard InChI is InChI=1S/C42H64O14/c1-37(2)16-20-19-8-9-23-39(5)12-11-24(38(3,4)22(39)10-13-41(23,7)40(19,6)14-15-42(20)17-25(37)54-36(42)51)53-35-32(28(46)26(44)21(18-43)52-35)56-34-30(48)27(45)29(47)31(55-34)33(49)50/h8,20-32,34-35,43-48H,9-18H2,1-7H3,(H,49,50). The number of carboxylic acids is 1. The monoisotopic (exact) mass is 792 g/mol. The first-order valence-electron chi connectivity index (χ1n) is 20.8. The largest absolute Gasteiger partial charge is 0.479 e. The summed E-state index contributed by atoms with van der Waals surface area (Å²) in [6, 6.07) is 0. The lowest BCUT2D eigenvalue weighted by Crippen LogP contribution is -2.67. The first-order valence-corrected chi connectivity index (χ1v) is 20.8. The van der Waals surface area contributed by atoms with Crippen LogP contribution in [0.4, 0.5) is 0 Å². The van der Waals surface area contributed by atoms with Crippen LogP contribution in [-0.2, 0) is 33.3 Å². The molecular weight excluding hydrogens is 728 g/mol. The van der Waals surface area contributed by atoms with Gasteiger partial charge in [0.25, 0.3) is 0 Å². The summed E-state index contributed by atoms with van der Waals surface area (Å²) >= 11 is 0. The fourth-order valence-electron chi connectivity index (χ4n) is 14.0. The van der Waals surface area contributed by atoms with Gasteiger partial charge in [-0.3, -0.25) is 4.79 Å². The number of hydrogen-bond donors (Lipinski definition) is 7. The van der Waals surface area contributed by atoms with Crippen molar-refractivity contribution in [3.8, 4) is 0 Å². The van der Waals surface area contributed by atoms with Gasteiger partial charge in [-0.15, -0.1) is 0 Å². The van der Waals surface area contributed by atoms with Crippen LogP contribution in [0, 0.1) is 50.2 Å². The van der Waals surface area contributed by atoms with Crippen molar-refractivity contribution in [2.45, 2.75) is 180 Å². The van der Waals surface area contributed by atoms with Crippen LogP contribution in [0.2, 0.25) is 0 Å². The number of esters is 1. The molecule has 7 N–H and O–H groups in total. The van der Waals surface area contributed by atoms with Crippen LogP contribution in [-0.4, -0.2) is 128 Å². The number of carboxylic acid groups (broad SMARTS) is 1. The number of hydrogen-bond acceptors (Lipinski definition) is 13. The summed E-state index contributed by atoms with van der Waals surface area (Å²) in [5.74, 6) is -0.792. The quantitative estimate of drug-likeness (QED) is 0.117. The van der Waals surface area contributed by atoms with E-state index in [0.29, 0.717) is 12.3 Å². The number of rotatable bonds is 6. The molecule has 14 heteroatoms. The SMILES string of the molecule is CC1(C)CC2C3=CCC4C5(C)CCC(OC6OC(CO)C(O)C(O)C6OC6OC(C(=O)O)C(O)C(O)C6O)C(C)(C)C5CCC4(C)C3(C)CCC23CC1OC3=O. The Morgan fingerprint density at radius 1 is 0.804 bits per heavy atom. The lowest BCUT2D eigenvalue weighted by molar-refractivity contribution is -0.375. The van der Waals surface area contributed by atoms with Crippen LogP contribution in [0.1, 0.15) is 106 Å². The van der Waals surface area contributed by atoms with Crippen molar-refractivity contribution in [3.05, 3.63) is 11.6 Å². The number of aliphatic carboxylic acids is 1. The molecule has 0 aromatic rings. The maximum Gasteiger partial charge on any atom is 0.335 e. The number of aliphatic hydroxyl groups excluding tert-OH is 6. The highest BCUT2D eigenvalue weighted by molar-refractivity contribution is 5.81. The van der Waals surface area contributed by atoms with Gasteiger partial charge in [-0.25, -0.2) is 4.79 Å². The van der Waals surface area contributed by atoms with E-state index in [9.17, 15) is 45.3 Å². The average molecular weight is 793 g/mol. The summed E-state index contributed by atoms with van der Waals surface area (Å²) in [5, 5.41) is 73.1. The van der Waals surface area contributed by atoms with Gasteiger partial charge in [-0.2, -0.15) is 0 Å². The summed E-state index contributed by atoms with van der Waals surface area (Å²) in [4.78, 5) is 25.4. The Hall–Kier alpha value is -1.72. The zero-order valence-corrected chi connectivity index (χ0v) is 33.8. The maximum absolute atomic E-state index is 13.6. The molecule has 0 radical (unpaired) electrons. The Morgan fingerprint density at radius 2 is 1.52 bits per heavy atom. The summed E-state index contributed by atoms with van der Waals surface area (Å²) in [7, 11) is 0. The molecule has 7 fully saturated rings. The molecule has 0 aromatic carbocycles. The normalized spacial score (nSPS) is 54.4. The third kappa shape index (κ3) is 5.56. The van der Waals surface area contributed by atoms with Gasteiger partial charge in [0.2, 0.25) is 0 Å². The molecule has 4 saturated carbocycles. The Bertz CT molecular complexity index is 1610. The molecule has 2 bridgehead atoms. The number of ether oxygens (including phenoxy) is 5. The van der Waals surface area contributed by atoms with Crippen molar-refractivity contribution < 1.29 is 69.0 Å². The van der Waals surface area contributed by atoms with Gasteiger partial charge in [0.15, 0.2) is 18.7 Å². The molecule has 3 heterocycles. The minimum Gasteiger partial charge on any atom is -0.479 e. The van der Waals surface area contributed by atoms with E-state index in [1.54, 1.807) is 0 Å². The van der Waals surface area contributed by atoms with Gasteiger partial charge in [-0.05, 0) is 90.8 Å². The van der Waals surface area contributed by atoms with Crippen molar-refractivity contribution in [2.75, 3.05) is 6.61 Å². The molecule has 56 heavy (non-hydrogen) atoms. The van der Waals surface area contributed by atoms with Crippen LogP contribution >= 0.6 is 0 Å². The van der Waals surface area contributed by atoms with Crippen LogP contribution in [0.5, 0.6) is 0 Å². The molecule has 19 atom stereocenters. The maximum atomic E-state index is 13.6. The van der Waals surface area contributed by atoms with Crippen molar-refractivity contribution >= 4 is 11.9 Å². The van der Waals surface area contributed by atoms with Crippen LogP contribution < -0.4 is 0 Å². The predicted molar refractivity (Wildman–Crippen MR) is 196 cm³/mol. The van der Waals surface area contributed by atoms with E-state index < -0.39 is 90.9 Å². The minimum atomic E-state index is -1.95. The molecule has 8 rings (SSSR count).